The highest BCUT2D eigenvalue weighted by Crippen LogP contribution is 2.30. The molecular formula is C15H19BrN2O. The summed E-state index contributed by atoms with van der Waals surface area (Å²) in [5.74, 6) is 6.44. The Morgan fingerprint density at radius 2 is 1.79 bits per heavy atom. The van der Waals surface area contributed by atoms with E-state index in [0.29, 0.717) is 0 Å². The number of nitrogens with two attached hydrogens (primary N) is 1. The summed E-state index contributed by atoms with van der Waals surface area (Å²) >= 11 is 3.46. The van der Waals surface area contributed by atoms with Crippen LogP contribution in [0.2, 0.25) is 0 Å². The van der Waals surface area contributed by atoms with Crippen LogP contribution in [-0.4, -0.2) is 0 Å². The average Bonchev–Trinajstić information content (AvgIpc) is 2.76. The van der Waals surface area contributed by atoms with Crippen molar-refractivity contribution in [2.75, 3.05) is 0 Å². The lowest BCUT2D eigenvalue weighted by molar-refractivity contribution is 0.449. The van der Waals surface area contributed by atoms with Gasteiger partial charge in [-0.05, 0) is 38.5 Å². The molecule has 0 bridgehead atoms. The standard InChI is InChI=1S/C15H19BrN2O/c1-15(2,3)11-6-4-10(5-7-11)13(18-17)14-12(16)8-9-19-14/h4-9,13,18H,17H2,1-3H3. The summed E-state index contributed by atoms with van der Waals surface area (Å²) in [5, 5.41) is 0. The van der Waals surface area contributed by atoms with Gasteiger partial charge in [0.15, 0.2) is 0 Å². The molecule has 2 rings (SSSR count). The van der Waals surface area contributed by atoms with Gasteiger partial charge in [-0.1, -0.05) is 45.0 Å². The van der Waals surface area contributed by atoms with Crippen molar-refractivity contribution in [2.24, 2.45) is 5.84 Å². The van der Waals surface area contributed by atoms with Crippen LogP contribution < -0.4 is 11.3 Å². The van der Waals surface area contributed by atoms with E-state index in [-0.39, 0.29) is 11.5 Å². The van der Waals surface area contributed by atoms with Crippen molar-refractivity contribution in [3.8, 4) is 0 Å². The monoisotopic (exact) mass is 322 g/mol. The molecule has 0 aliphatic carbocycles. The molecule has 1 atom stereocenters. The Bertz CT molecular complexity index is 540. The van der Waals surface area contributed by atoms with Gasteiger partial charge in [0.25, 0.3) is 0 Å². The third kappa shape index (κ3) is 3.08. The zero-order chi connectivity index (χ0) is 14.0. The maximum Gasteiger partial charge on any atom is 0.140 e. The molecular weight excluding hydrogens is 304 g/mol. The Morgan fingerprint density at radius 3 is 2.21 bits per heavy atom. The second-order valence-electron chi connectivity index (χ2n) is 5.60. The Morgan fingerprint density at radius 1 is 1.16 bits per heavy atom. The fourth-order valence-electron chi connectivity index (χ4n) is 2.01. The second kappa shape index (κ2) is 5.49. The summed E-state index contributed by atoms with van der Waals surface area (Å²) < 4.78 is 6.39. The molecule has 102 valence electrons. The Balaban J connectivity index is 2.33. The zero-order valence-corrected chi connectivity index (χ0v) is 13.0. The van der Waals surface area contributed by atoms with E-state index in [2.05, 4.69) is 66.4 Å². The summed E-state index contributed by atoms with van der Waals surface area (Å²) in [6, 6.07) is 10.1. The molecule has 19 heavy (non-hydrogen) atoms. The van der Waals surface area contributed by atoms with Crippen LogP contribution in [0.4, 0.5) is 0 Å². The van der Waals surface area contributed by atoms with E-state index in [9.17, 15) is 0 Å². The fraction of sp³-hybridized carbons (Fsp3) is 0.333. The predicted octanol–water partition coefficient (Wildman–Crippen LogP) is 3.89. The minimum Gasteiger partial charge on any atom is -0.466 e. The van der Waals surface area contributed by atoms with E-state index >= 15 is 0 Å². The highest BCUT2D eigenvalue weighted by Gasteiger charge is 2.20. The minimum atomic E-state index is -0.154. The van der Waals surface area contributed by atoms with Gasteiger partial charge >= 0.3 is 0 Å². The lowest BCUT2D eigenvalue weighted by Gasteiger charge is -2.21. The highest BCUT2D eigenvalue weighted by molar-refractivity contribution is 9.10. The van der Waals surface area contributed by atoms with Crippen LogP contribution in [0.1, 0.15) is 43.7 Å². The molecule has 0 saturated heterocycles. The summed E-state index contributed by atoms with van der Waals surface area (Å²) in [6.45, 7) is 6.59. The Kier molecular flexibility index (Phi) is 4.13. The van der Waals surface area contributed by atoms with E-state index in [1.807, 2.05) is 6.07 Å². The van der Waals surface area contributed by atoms with Crippen molar-refractivity contribution in [1.82, 2.24) is 5.43 Å². The van der Waals surface area contributed by atoms with Gasteiger partial charge in [-0.25, -0.2) is 5.43 Å². The fourth-order valence-corrected chi connectivity index (χ4v) is 2.44. The number of hydrogen-bond acceptors (Lipinski definition) is 3. The lowest BCUT2D eigenvalue weighted by Crippen LogP contribution is -2.28. The van der Waals surface area contributed by atoms with Crippen LogP contribution in [0.3, 0.4) is 0 Å². The molecule has 0 aliphatic heterocycles. The van der Waals surface area contributed by atoms with Crippen LogP contribution in [0, 0.1) is 0 Å². The van der Waals surface area contributed by atoms with Gasteiger partial charge in [-0.2, -0.15) is 0 Å². The molecule has 0 aliphatic rings. The van der Waals surface area contributed by atoms with Crippen LogP contribution in [0.15, 0.2) is 45.5 Å². The van der Waals surface area contributed by atoms with Crippen molar-refractivity contribution in [3.63, 3.8) is 0 Å². The summed E-state index contributed by atoms with van der Waals surface area (Å²) in [4.78, 5) is 0. The van der Waals surface area contributed by atoms with Crippen LogP contribution in [-0.2, 0) is 5.41 Å². The first-order chi connectivity index (χ1) is 8.93. The van der Waals surface area contributed by atoms with Gasteiger partial charge < -0.3 is 4.42 Å². The molecule has 1 aromatic carbocycles. The van der Waals surface area contributed by atoms with Gasteiger partial charge in [0.1, 0.15) is 11.8 Å². The van der Waals surface area contributed by atoms with Crippen molar-refractivity contribution in [1.29, 1.82) is 0 Å². The summed E-state index contributed by atoms with van der Waals surface area (Å²) in [5.41, 5.74) is 5.32. The lowest BCUT2D eigenvalue weighted by atomic mass is 9.86. The second-order valence-corrected chi connectivity index (χ2v) is 6.46. The predicted molar refractivity (Wildman–Crippen MR) is 80.7 cm³/mol. The molecule has 0 fully saturated rings. The normalized spacial score (nSPS) is 13.5. The summed E-state index contributed by atoms with van der Waals surface area (Å²) in [7, 11) is 0. The van der Waals surface area contributed by atoms with Crippen LogP contribution in [0.5, 0.6) is 0 Å². The number of hydrogen-bond donors (Lipinski definition) is 2. The van der Waals surface area contributed by atoms with Crippen LogP contribution >= 0.6 is 15.9 Å². The van der Waals surface area contributed by atoms with Gasteiger partial charge in [0.2, 0.25) is 0 Å². The topological polar surface area (TPSA) is 51.2 Å². The van der Waals surface area contributed by atoms with Crippen molar-refractivity contribution >= 4 is 15.9 Å². The molecule has 2 aromatic rings. The Labute approximate surface area is 122 Å². The molecule has 3 N–H and O–H groups in total. The van der Waals surface area contributed by atoms with Gasteiger partial charge in [0, 0.05) is 0 Å². The van der Waals surface area contributed by atoms with E-state index < -0.39 is 0 Å². The molecule has 0 radical (unpaired) electrons. The molecule has 1 unspecified atom stereocenters. The third-order valence-corrected chi connectivity index (χ3v) is 3.84. The molecule has 1 heterocycles. The number of hydrazine groups is 1. The van der Waals surface area contributed by atoms with E-state index in [1.165, 1.54) is 5.56 Å². The molecule has 3 nitrogen and oxygen atoms in total. The third-order valence-electron chi connectivity index (χ3n) is 3.18. The van der Waals surface area contributed by atoms with Crippen molar-refractivity contribution in [3.05, 3.63) is 58.0 Å². The molecule has 1 aromatic heterocycles. The molecule has 0 saturated carbocycles. The number of benzene rings is 1. The SMILES string of the molecule is CC(C)(C)c1ccc(C(NN)c2occc2Br)cc1. The maximum atomic E-state index is 5.66. The van der Waals surface area contributed by atoms with E-state index in [0.717, 1.165) is 15.8 Å². The molecule has 4 heteroatoms. The van der Waals surface area contributed by atoms with Gasteiger partial charge in [-0.15, -0.1) is 0 Å². The largest absolute Gasteiger partial charge is 0.466 e. The van der Waals surface area contributed by atoms with Gasteiger partial charge in [0.05, 0.1) is 10.7 Å². The Hall–Kier alpha value is -1.10. The molecule has 0 amide bonds. The number of halogens is 1. The smallest absolute Gasteiger partial charge is 0.140 e. The quantitative estimate of drug-likeness (QED) is 0.665. The highest BCUT2D eigenvalue weighted by atomic mass is 79.9. The number of nitrogens with one attached hydrogen (secondary N) is 1. The van der Waals surface area contributed by atoms with Crippen molar-refractivity contribution in [2.45, 2.75) is 32.2 Å². The van der Waals surface area contributed by atoms with Gasteiger partial charge in [-0.3, -0.25) is 5.84 Å². The van der Waals surface area contributed by atoms with Crippen LogP contribution in [0.25, 0.3) is 0 Å². The first-order valence-corrected chi connectivity index (χ1v) is 7.02. The van der Waals surface area contributed by atoms with Crippen molar-refractivity contribution < 1.29 is 4.42 Å². The summed E-state index contributed by atoms with van der Waals surface area (Å²) in [6.07, 6.45) is 1.65. The average molecular weight is 323 g/mol. The van der Waals surface area contributed by atoms with E-state index in [1.54, 1.807) is 6.26 Å². The number of furan rings is 1. The maximum absolute atomic E-state index is 5.66. The zero-order valence-electron chi connectivity index (χ0n) is 11.4. The van der Waals surface area contributed by atoms with E-state index in [4.69, 9.17) is 10.3 Å². The first kappa shape index (κ1) is 14.3. The number of rotatable bonds is 3. The molecule has 0 spiro atoms. The first-order valence-electron chi connectivity index (χ1n) is 6.23. The minimum absolute atomic E-state index is 0.148.